The Hall–Kier alpha value is -1.43. The lowest BCUT2D eigenvalue weighted by Gasteiger charge is -2.09. The molecule has 1 aromatic carbocycles. The van der Waals surface area contributed by atoms with Gasteiger partial charge in [-0.2, -0.15) is 0 Å². The minimum Gasteiger partial charge on any atom is -0.862 e. The monoisotopic (exact) mass is 368 g/mol. The molecule has 0 spiro atoms. The van der Waals surface area contributed by atoms with Crippen LogP contribution < -0.4 is 9.67 Å². The van der Waals surface area contributed by atoms with Gasteiger partial charge in [-0.15, -0.1) is 24.0 Å². The number of nitrogens with zero attached hydrogens (tertiary/aromatic N) is 2. The lowest BCUT2D eigenvalue weighted by molar-refractivity contribution is -0.671. The Labute approximate surface area is 130 Å². The van der Waals surface area contributed by atoms with Crippen molar-refractivity contribution in [1.29, 1.82) is 0 Å². The predicted octanol–water partition coefficient (Wildman–Crippen LogP) is 2.15. The molecule has 1 aromatic heterocycles. The SMILES string of the molecule is C[n+]1ccc(CCC([O-])=Nc2ccccc2)cc1.I. The molecule has 0 amide bonds. The summed E-state index contributed by atoms with van der Waals surface area (Å²) >= 11 is 0. The van der Waals surface area contributed by atoms with Crippen LogP contribution in [0.3, 0.4) is 0 Å². The molecule has 2 aromatic rings. The molecule has 2 rings (SSSR count). The molecule has 0 atom stereocenters. The van der Waals surface area contributed by atoms with Crippen LogP contribution in [-0.2, 0) is 13.5 Å². The van der Waals surface area contributed by atoms with Crippen molar-refractivity contribution in [3.05, 3.63) is 60.4 Å². The van der Waals surface area contributed by atoms with E-state index in [0.717, 1.165) is 17.7 Å². The van der Waals surface area contributed by atoms with E-state index in [1.54, 1.807) is 0 Å². The van der Waals surface area contributed by atoms with Gasteiger partial charge in [0.15, 0.2) is 12.4 Å². The van der Waals surface area contributed by atoms with Crippen LogP contribution in [0.4, 0.5) is 5.69 Å². The van der Waals surface area contributed by atoms with Crippen molar-refractivity contribution in [1.82, 2.24) is 0 Å². The van der Waals surface area contributed by atoms with Crippen LogP contribution in [0.2, 0.25) is 0 Å². The minimum absolute atomic E-state index is 0. The third kappa shape index (κ3) is 5.38. The van der Waals surface area contributed by atoms with Gasteiger partial charge in [-0.05, 0) is 36.4 Å². The van der Waals surface area contributed by atoms with Gasteiger partial charge in [0, 0.05) is 12.1 Å². The lowest BCUT2D eigenvalue weighted by Crippen LogP contribution is -2.26. The Morgan fingerprint density at radius 3 is 2.37 bits per heavy atom. The molecule has 0 N–H and O–H groups in total. The van der Waals surface area contributed by atoms with Crippen molar-refractivity contribution in [3.8, 4) is 0 Å². The Bertz CT molecular complexity index is 524. The van der Waals surface area contributed by atoms with Crippen LogP contribution in [-0.4, -0.2) is 5.90 Å². The Balaban J connectivity index is 0.00000180. The van der Waals surface area contributed by atoms with Gasteiger partial charge in [0.25, 0.3) is 0 Å². The van der Waals surface area contributed by atoms with E-state index in [1.807, 2.05) is 66.5 Å². The molecular weight excluding hydrogens is 351 g/mol. The highest BCUT2D eigenvalue weighted by Crippen LogP contribution is 2.10. The van der Waals surface area contributed by atoms with E-state index in [2.05, 4.69) is 4.99 Å². The van der Waals surface area contributed by atoms with Crippen molar-refractivity contribution in [2.24, 2.45) is 12.0 Å². The lowest BCUT2D eigenvalue weighted by atomic mass is 10.1. The molecule has 0 aliphatic carbocycles. The number of para-hydroxylation sites is 1. The Kier molecular flexibility index (Phi) is 6.49. The van der Waals surface area contributed by atoms with Crippen molar-refractivity contribution >= 4 is 35.6 Å². The normalized spacial score (nSPS) is 10.9. The largest absolute Gasteiger partial charge is 0.862 e. The van der Waals surface area contributed by atoms with Crippen LogP contribution in [0.5, 0.6) is 0 Å². The summed E-state index contributed by atoms with van der Waals surface area (Å²) in [4.78, 5) is 4.05. The first-order chi connectivity index (χ1) is 8.74. The molecule has 0 radical (unpaired) electrons. The summed E-state index contributed by atoms with van der Waals surface area (Å²) in [5, 5.41) is 11.7. The summed E-state index contributed by atoms with van der Waals surface area (Å²) in [5.74, 6) is -0.0746. The van der Waals surface area contributed by atoms with E-state index >= 15 is 0 Å². The molecule has 0 unspecified atom stereocenters. The minimum atomic E-state index is -0.0746. The summed E-state index contributed by atoms with van der Waals surface area (Å²) < 4.78 is 1.97. The van der Waals surface area contributed by atoms with Crippen molar-refractivity contribution in [3.63, 3.8) is 0 Å². The van der Waals surface area contributed by atoms with E-state index in [9.17, 15) is 5.11 Å². The van der Waals surface area contributed by atoms with Crippen LogP contribution in [0.1, 0.15) is 12.0 Å². The molecule has 100 valence electrons. The smallest absolute Gasteiger partial charge is 0.168 e. The molecule has 0 fully saturated rings. The molecule has 1 heterocycles. The average molecular weight is 368 g/mol. The number of pyridine rings is 1. The van der Waals surface area contributed by atoms with Gasteiger partial charge in [0.05, 0.1) is 5.69 Å². The summed E-state index contributed by atoms with van der Waals surface area (Å²) in [7, 11) is 1.97. The fourth-order valence-electron chi connectivity index (χ4n) is 1.65. The molecule has 0 aliphatic heterocycles. The third-order valence-electron chi connectivity index (χ3n) is 2.69. The number of aromatic nitrogens is 1. The van der Waals surface area contributed by atoms with E-state index in [-0.39, 0.29) is 29.9 Å². The van der Waals surface area contributed by atoms with E-state index in [0.29, 0.717) is 6.42 Å². The van der Waals surface area contributed by atoms with Crippen LogP contribution in [0, 0.1) is 0 Å². The maximum absolute atomic E-state index is 11.7. The fourth-order valence-corrected chi connectivity index (χ4v) is 1.65. The van der Waals surface area contributed by atoms with E-state index in [4.69, 9.17) is 0 Å². The summed E-state index contributed by atoms with van der Waals surface area (Å²) in [6.07, 6.45) is 5.14. The Morgan fingerprint density at radius 1 is 1.11 bits per heavy atom. The zero-order valence-corrected chi connectivity index (χ0v) is 13.2. The first-order valence-corrected chi connectivity index (χ1v) is 5.98. The molecular formula is C15H17IN2O. The quantitative estimate of drug-likeness (QED) is 0.353. The fraction of sp³-hybridized carbons (Fsp3) is 0.200. The molecule has 4 heteroatoms. The van der Waals surface area contributed by atoms with Crippen molar-refractivity contribution in [2.75, 3.05) is 0 Å². The number of aryl methyl sites for hydroxylation is 2. The van der Waals surface area contributed by atoms with Gasteiger partial charge in [-0.1, -0.05) is 18.2 Å². The molecule has 0 saturated heterocycles. The number of aliphatic imine (C=N–C) groups is 1. The van der Waals surface area contributed by atoms with Crippen molar-refractivity contribution < 1.29 is 9.67 Å². The Morgan fingerprint density at radius 2 is 1.74 bits per heavy atom. The van der Waals surface area contributed by atoms with Gasteiger partial charge in [0.2, 0.25) is 0 Å². The second-order valence-corrected chi connectivity index (χ2v) is 4.21. The standard InChI is InChI=1S/C15H16N2O.HI/c1-17-11-9-13(10-12-17)7-8-15(18)16-14-5-3-2-4-6-14;/h2-6,9-12H,7-8H2,1H3;1H. The zero-order valence-electron chi connectivity index (χ0n) is 10.8. The number of halogens is 1. The highest BCUT2D eigenvalue weighted by Gasteiger charge is 1.96. The first-order valence-electron chi connectivity index (χ1n) is 5.98. The average Bonchev–Trinajstić information content (AvgIpc) is 2.39. The van der Waals surface area contributed by atoms with Gasteiger partial charge in [-0.3, -0.25) is 4.99 Å². The highest BCUT2D eigenvalue weighted by molar-refractivity contribution is 14.0. The maximum Gasteiger partial charge on any atom is 0.168 e. The second kappa shape index (κ2) is 7.89. The van der Waals surface area contributed by atoms with E-state index in [1.165, 1.54) is 0 Å². The zero-order chi connectivity index (χ0) is 12.8. The highest BCUT2D eigenvalue weighted by atomic mass is 127. The maximum atomic E-state index is 11.7. The first kappa shape index (κ1) is 15.6. The van der Waals surface area contributed by atoms with Crippen LogP contribution in [0.15, 0.2) is 59.9 Å². The molecule has 3 nitrogen and oxygen atoms in total. The van der Waals surface area contributed by atoms with Gasteiger partial charge in [0.1, 0.15) is 7.05 Å². The summed E-state index contributed by atoms with van der Waals surface area (Å²) in [6, 6.07) is 13.4. The topological polar surface area (TPSA) is 39.3 Å². The second-order valence-electron chi connectivity index (χ2n) is 4.21. The summed E-state index contributed by atoms with van der Waals surface area (Å²) in [5.41, 5.74) is 1.88. The van der Waals surface area contributed by atoms with Crippen molar-refractivity contribution in [2.45, 2.75) is 12.8 Å². The summed E-state index contributed by atoms with van der Waals surface area (Å²) in [6.45, 7) is 0. The molecule has 0 bridgehead atoms. The van der Waals surface area contributed by atoms with E-state index < -0.39 is 0 Å². The number of benzene rings is 1. The number of rotatable bonds is 4. The third-order valence-corrected chi connectivity index (χ3v) is 2.69. The van der Waals surface area contributed by atoms with Gasteiger partial charge in [-0.25, -0.2) is 4.57 Å². The molecule has 0 aliphatic rings. The number of hydrogen-bond acceptors (Lipinski definition) is 2. The van der Waals surface area contributed by atoms with Crippen LogP contribution in [0.25, 0.3) is 0 Å². The molecule has 0 saturated carbocycles. The molecule has 19 heavy (non-hydrogen) atoms. The van der Waals surface area contributed by atoms with Gasteiger partial charge < -0.3 is 5.11 Å². The van der Waals surface area contributed by atoms with Gasteiger partial charge >= 0.3 is 0 Å². The predicted molar refractivity (Wildman–Crippen MR) is 84.9 cm³/mol. The number of hydrogen-bond donors (Lipinski definition) is 0. The van der Waals surface area contributed by atoms with Crippen LogP contribution >= 0.6 is 24.0 Å².